The van der Waals surface area contributed by atoms with E-state index in [-0.39, 0.29) is 0 Å². The molecule has 0 amide bonds. The first kappa shape index (κ1) is 15.2. The average Bonchev–Trinajstić information content (AvgIpc) is 2.89. The number of nitrogens with one attached hydrogen (secondary N) is 1. The predicted octanol–water partition coefficient (Wildman–Crippen LogP) is 4.64. The molecule has 1 unspecified atom stereocenters. The molecule has 1 aromatic heterocycles. The molecule has 1 aromatic carbocycles. The summed E-state index contributed by atoms with van der Waals surface area (Å²) in [6, 6.07) is 9.40. The first-order valence-corrected chi connectivity index (χ1v) is 8.24. The quantitative estimate of drug-likeness (QED) is 0.802. The minimum atomic E-state index is 0.373. The summed E-state index contributed by atoms with van der Waals surface area (Å²) < 4.78 is 0. The molecule has 108 valence electrons. The lowest BCUT2D eigenvalue weighted by Crippen LogP contribution is -2.17. The maximum absolute atomic E-state index is 4.29. The molecule has 0 aliphatic carbocycles. The fraction of sp³-hybridized carbons (Fsp3) is 0.471. The van der Waals surface area contributed by atoms with Gasteiger partial charge in [0.1, 0.15) is 0 Å². The minimum absolute atomic E-state index is 0.373. The highest BCUT2D eigenvalue weighted by Gasteiger charge is 2.06. The highest BCUT2D eigenvalue weighted by Crippen LogP contribution is 2.17. The van der Waals surface area contributed by atoms with Crippen LogP contribution in [0.15, 0.2) is 30.5 Å². The second-order valence-electron chi connectivity index (χ2n) is 5.29. The minimum Gasteiger partial charge on any atom is -0.305 e. The first-order chi connectivity index (χ1) is 9.69. The van der Waals surface area contributed by atoms with Gasteiger partial charge in [0, 0.05) is 23.7 Å². The zero-order chi connectivity index (χ0) is 14.4. The molecule has 0 bridgehead atoms. The van der Waals surface area contributed by atoms with Crippen molar-refractivity contribution < 1.29 is 0 Å². The van der Waals surface area contributed by atoms with Crippen molar-refractivity contribution in [2.75, 3.05) is 0 Å². The van der Waals surface area contributed by atoms with Crippen molar-refractivity contribution in [2.24, 2.45) is 0 Å². The fourth-order valence-electron chi connectivity index (χ4n) is 2.21. The van der Waals surface area contributed by atoms with Gasteiger partial charge in [-0.05, 0) is 37.8 Å². The average molecular weight is 288 g/mol. The normalized spacial score (nSPS) is 12.6. The molecule has 3 heteroatoms. The van der Waals surface area contributed by atoms with Crippen LogP contribution < -0.4 is 5.32 Å². The van der Waals surface area contributed by atoms with Crippen LogP contribution in [0.3, 0.4) is 0 Å². The van der Waals surface area contributed by atoms with Gasteiger partial charge in [-0.1, -0.05) is 37.6 Å². The zero-order valence-corrected chi connectivity index (χ0v) is 13.5. The topological polar surface area (TPSA) is 24.9 Å². The van der Waals surface area contributed by atoms with Gasteiger partial charge in [0.25, 0.3) is 0 Å². The van der Waals surface area contributed by atoms with Gasteiger partial charge in [-0.25, -0.2) is 4.98 Å². The summed E-state index contributed by atoms with van der Waals surface area (Å²) in [7, 11) is 0. The Morgan fingerprint density at radius 1 is 1.25 bits per heavy atom. The second-order valence-corrected chi connectivity index (χ2v) is 6.61. The van der Waals surface area contributed by atoms with Crippen molar-refractivity contribution in [2.45, 2.75) is 52.6 Å². The third-order valence-corrected chi connectivity index (χ3v) is 4.46. The van der Waals surface area contributed by atoms with Crippen LogP contribution in [-0.2, 0) is 13.0 Å². The van der Waals surface area contributed by atoms with E-state index in [1.807, 2.05) is 13.1 Å². The van der Waals surface area contributed by atoms with Crippen LogP contribution in [0.4, 0.5) is 0 Å². The smallest absolute Gasteiger partial charge is 0.0897 e. The number of aryl methyl sites for hydroxylation is 2. The molecular weight excluding hydrogens is 264 g/mol. The zero-order valence-electron chi connectivity index (χ0n) is 12.6. The number of hydrogen-bond donors (Lipinski definition) is 1. The van der Waals surface area contributed by atoms with Gasteiger partial charge in [-0.15, -0.1) is 11.3 Å². The van der Waals surface area contributed by atoms with E-state index in [1.165, 1.54) is 35.3 Å². The van der Waals surface area contributed by atoms with Gasteiger partial charge in [0.2, 0.25) is 0 Å². The van der Waals surface area contributed by atoms with Gasteiger partial charge in [0.05, 0.1) is 5.01 Å². The highest BCUT2D eigenvalue weighted by atomic mass is 32.1. The van der Waals surface area contributed by atoms with E-state index >= 15 is 0 Å². The maximum atomic E-state index is 4.29. The Labute approximate surface area is 126 Å². The number of aromatic nitrogens is 1. The molecule has 0 fully saturated rings. The van der Waals surface area contributed by atoms with E-state index in [0.29, 0.717) is 6.04 Å². The van der Waals surface area contributed by atoms with E-state index in [0.717, 1.165) is 11.6 Å². The van der Waals surface area contributed by atoms with E-state index in [9.17, 15) is 0 Å². The van der Waals surface area contributed by atoms with Gasteiger partial charge in [-0.3, -0.25) is 0 Å². The van der Waals surface area contributed by atoms with Crippen LogP contribution in [0.25, 0.3) is 0 Å². The summed E-state index contributed by atoms with van der Waals surface area (Å²) in [6.45, 7) is 7.40. The Morgan fingerprint density at radius 2 is 2.00 bits per heavy atom. The summed E-state index contributed by atoms with van der Waals surface area (Å²) in [5.41, 5.74) is 2.80. The summed E-state index contributed by atoms with van der Waals surface area (Å²) in [5.74, 6) is 0. The molecule has 0 saturated heterocycles. The van der Waals surface area contributed by atoms with Crippen molar-refractivity contribution in [1.82, 2.24) is 10.3 Å². The molecule has 2 aromatic rings. The SMILES string of the molecule is CCCCc1ccc(C(C)NCc2cnc(C)s2)cc1. The molecule has 0 saturated carbocycles. The molecule has 2 rings (SSSR count). The van der Waals surface area contributed by atoms with E-state index < -0.39 is 0 Å². The fourth-order valence-corrected chi connectivity index (χ4v) is 2.96. The lowest BCUT2D eigenvalue weighted by atomic mass is 10.0. The first-order valence-electron chi connectivity index (χ1n) is 7.42. The van der Waals surface area contributed by atoms with Gasteiger partial charge >= 0.3 is 0 Å². The Kier molecular flexibility index (Phi) is 5.74. The third-order valence-electron chi connectivity index (χ3n) is 3.55. The standard InChI is InChI=1S/C17H24N2S/c1-4-5-6-15-7-9-16(10-8-15)13(2)18-11-17-12-19-14(3)20-17/h7-10,12-13,18H,4-6,11H2,1-3H3. The van der Waals surface area contributed by atoms with Crippen LogP contribution in [0.2, 0.25) is 0 Å². The number of hydrogen-bond acceptors (Lipinski definition) is 3. The number of thiazole rings is 1. The van der Waals surface area contributed by atoms with Crippen LogP contribution >= 0.6 is 11.3 Å². The molecule has 20 heavy (non-hydrogen) atoms. The van der Waals surface area contributed by atoms with Gasteiger partial charge in [0.15, 0.2) is 0 Å². The largest absolute Gasteiger partial charge is 0.305 e. The van der Waals surface area contributed by atoms with Crippen LogP contribution in [0, 0.1) is 6.92 Å². The predicted molar refractivity (Wildman–Crippen MR) is 87.2 cm³/mol. The van der Waals surface area contributed by atoms with Crippen LogP contribution in [0.1, 0.15) is 53.7 Å². The number of unbranched alkanes of at least 4 members (excludes halogenated alkanes) is 1. The molecular formula is C17H24N2S. The van der Waals surface area contributed by atoms with Crippen molar-refractivity contribution >= 4 is 11.3 Å². The van der Waals surface area contributed by atoms with Gasteiger partial charge in [-0.2, -0.15) is 0 Å². The molecule has 1 N–H and O–H groups in total. The van der Waals surface area contributed by atoms with E-state index in [2.05, 4.69) is 48.4 Å². The highest BCUT2D eigenvalue weighted by molar-refractivity contribution is 7.11. The molecule has 0 aliphatic rings. The van der Waals surface area contributed by atoms with Crippen molar-refractivity contribution in [3.05, 3.63) is 51.5 Å². The Hall–Kier alpha value is -1.19. The number of nitrogens with zero attached hydrogens (tertiary/aromatic N) is 1. The lowest BCUT2D eigenvalue weighted by Gasteiger charge is -2.14. The van der Waals surface area contributed by atoms with E-state index in [1.54, 1.807) is 11.3 Å². The monoisotopic (exact) mass is 288 g/mol. The molecule has 2 nitrogen and oxygen atoms in total. The summed E-state index contributed by atoms with van der Waals surface area (Å²) >= 11 is 1.76. The molecule has 1 atom stereocenters. The van der Waals surface area contributed by atoms with Crippen molar-refractivity contribution in [1.29, 1.82) is 0 Å². The van der Waals surface area contributed by atoms with Crippen molar-refractivity contribution in [3.63, 3.8) is 0 Å². The number of benzene rings is 1. The molecule has 1 heterocycles. The van der Waals surface area contributed by atoms with Crippen LogP contribution in [0.5, 0.6) is 0 Å². The third kappa shape index (κ3) is 4.43. The Bertz CT molecular complexity index is 516. The molecule has 0 spiro atoms. The summed E-state index contributed by atoms with van der Waals surface area (Å²) in [5, 5.41) is 4.70. The molecule has 0 radical (unpaired) electrons. The lowest BCUT2D eigenvalue weighted by molar-refractivity contribution is 0.578. The summed E-state index contributed by atoms with van der Waals surface area (Å²) in [6.07, 6.45) is 5.69. The van der Waals surface area contributed by atoms with Crippen LogP contribution in [-0.4, -0.2) is 4.98 Å². The molecule has 0 aliphatic heterocycles. The second kappa shape index (κ2) is 7.55. The maximum Gasteiger partial charge on any atom is 0.0897 e. The Balaban J connectivity index is 1.86. The van der Waals surface area contributed by atoms with Crippen molar-refractivity contribution in [3.8, 4) is 0 Å². The summed E-state index contributed by atoms with van der Waals surface area (Å²) in [4.78, 5) is 5.59. The Morgan fingerprint density at radius 3 is 2.60 bits per heavy atom. The van der Waals surface area contributed by atoms with Gasteiger partial charge < -0.3 is 5.32 Å². The van der Waals surface area contributed by atoms with E-state index in [4.69, 9.17) is 0 Å². The number of rotatable bonds is 7.